The number of rotatable bonds is 3. The van der Waals surface area contributed by atoms with E-state index in [-0.39, 0.29) is 5.56 Å². The largest absolute Gasteiger partial charge is 0.271 e. The third-order valence-corrected chi connectivity index (χ3v) is 7.01. The van der Waals surface area contributed by atoms with Crippen LogP contribution in [0, 0.1) is 0 Å². The summed E-state index contributed by atoms with van der Waals surface area (Å²) in [5.74, 6) is 0.920. The van der Waals surface area contributed by atoms with Crippen molar-refractivity contribution in [1.29, 1.82) is 0 Å². The molecule has 0 spiro atoms. The van der Waals surface area contributed by atoms with Crippen molar-refractivity contribution in [3.05, 3.63) is 118 Å². The van der Waals surface area contributed by atoms with E-state index in [0.717, 1.165) is 52.8 Å². The van der Waals surface area contributed by atoms with Crippen LogP contribution >= 0.6 is 0 Å². The molecule has 0 atom stereocenters. The van der Waals surface area contributed by atoms with Gasteiger partial charge in [-0.25, -0.2) is 14.5 Å². The number of hydrogen-bond acceptors (Lipinski definition) is 4. The fraction of sp³-hybridized carbons (Fsp3) is 0.0968. The minimum absolute atomic E-state index is 0.166. The van der Waals surface area contributed by atoms with E-state index in [1.807, 2.05) is 66.7 Å². The van der Waals surface area contributed by atoms with Gasteiger partial charge in [-0.1, -0.05) is 91.0 Å². The van der Waals surface area contributed by atoms with Gasteiger partial charge in [-0.05, 0) is 47.6 Å². The molecule has 0 unspecified atom stereocenters. The summed E-state index contributed by atoms with van der Waals surface area (Å²) in [6, 6.07) is 30.1. The molecule has 0 amide bonds. The summed E-state index contributed by atoms with van der Waals surface area (Å²) >= 11 is 0. The van der Waals surface area contributed by atoms with Crippen molar-refractivity contribution < 1.29 is 0 Å². The first-order chi connectivity index (χ1) is 18.3. The Hall–Kier alpha value is -4.84. The smallest absolute Gasteiger partial charge is 0.268 e. The van der Waals surface area contributed by atoms with Crippen LogP contribution in [0.3, 0.4) is 0 Å². The van der Waals surface area contributed by atoms with E-state index in [9.17, 15) is 4.79 Å². The second-order valence-electron chi connectivity index (χ2n) is 9.30. The number of pyridine rings is 1. The average Bonchev–Trinajstić information content (AvgIpc) is 3.38. The maximum atomic E-state index is 14.2. The van der Waals surface area contributed by atoms with Gasteiger partial charge >= 0.3 is 0 Å². The van der Waals surface area contributed by atoms with Gasteiger partial charge in [0.25, 0.3) is 5.56 Å². The number of fused-ring (bicyclic) bond motifs is 3. The van der Waals surface area contributed by atoms with Gasteiger partial charge in [-0.2, -0.15) is 10.1 Å². The van der Waals surface area contributed by atoms with Crippen LogP contribution in [0.5, 0.6) is 0 Å². The molecule has 178 valence electrons. The van der Waals surface area contributed by atoms with Crippen molar-refractivity contribution in [3.8, 4) is 22.5 Å². The minimum Gasteiger partial charge on any atom is -0.268 e. The number of nitrogens with zero attached hydrogens (tertiary/aromatic N) is 4. The Kier molecular flexibility index (Phi) is 5.03. The van der Waals surface area contributed by atoms with E-state index in [2.05, 4.69) is 40.5 Å². The number of aromatic nitrogens is 5. The highest BCUT2D eigenvalue weighted by molar-refractivity contribution is 5.98. The summed E-state index contributed by atoms with van der Waals surface area (Å²) in [5.41, 5.74) is 7.38. The van der Waals surface area contributed by atoms with Gasteiger partial charge in [-0.3, -0.25) is 4.79 Å². The molecule has 6 aromatic rings. The van der Waals surface area contributed by atoms with Crippen LogP contribution in [0.25, 0.3) is 51.0 Å². The van der Waals surface area contributed by atoms with E-state index in [1.54, 1.807) is 4.40 Å². The molecular weight excluding hydrogens is 458 g/mol. The Morgan fingerprint density at radius 1 is 0.784 bits per heavy atom. The SMILES string of the molecule is O=c1c2c(-c3ccccc3)c3c(nc2nc2[nH]nc(-c4ccccc4)n12)/C(=C/c1ccccc1)CCC3. The first kappa shape index (κ1) is 21.4. The van der Waals surface area contributed by atoms with E-state index in [4.69, 9.17) is 9.97 Å². The molecule has 0 fully saturated rings. The van der Waals surface area contributed by atoms with Crippen molar-refractivity contribution in [2.24, 2.45) is 0 Å². The zero-order valence-electron chi connectivity index (χ0n) is 20.1. The molecule has 1 aliphatic carbocycles. The lowest BCUT2D eigenvalue weighted by Crippen LogP contribution is -2.19. The van der Waals surface area contributed by atoms with Gasteiger partial charge < -0.3 is 0 Å². The number of aromatic amines is 1. The molecule has 0 aliphatic heterocycles. The Balaban J connectivity index is 1.58. The molecule has 6 heteroatoms. The summed E-state index contributed by atoms with van der Waals surface area (Å²) in [4.78, 5) is 24.1. The van der Waals surface area contributed by atoms with Crippen LogP contribution in [0.2, 0.25) is 0 Å². The quantitative estimate of drug-likeness (QED) is 0.328. The van der Waals surface area contributed by atoms with Crippen LogP contribution in [-0.2, 0) is 6.42 Å². The lowest BCUT2D eigenvalue weighted by atomic mass is 9.84. The van der Waals surface area contributed by atoms with Crippen LogP contribution in [0.4, 0.5) is 0 Å². The predicted octanol–water partition coefficient (Wildman–Crippen LogP) is 6.18. The molecule has 3 aromatic carbocycles. The Bertz CT molecular complexity index is 1850. The summed E-state index contributed by atoms with van der Waals surface area (Å²) in [6.45, 7) is 0. The highest BCUT2D eigenvalue weighted by Gasteiger charge is 2.26. The van der Waals surface area contributed by atoms with Crippen LogP contribution < -0.4 is 5.56 Å². The highest BCUT2D eigenvalue weighted by atomic mass is 16.1. The third-order valence-electron chi connectivity index (χ3n) is 7.01. The van der Waals surface area contributed by atoms with Gasteiger partial charge in [-0.15, -0.1) is 0 Å². The second kappa shape index (κ2) is 8.68. The molecule has 7 rings (SSSR count). The van der Waals surface area contributed by atoms with E-state index in [1.165, 1.54) is 5.57 Å². The monoisotopic (exact) mass is 481 g/mol. The van der Waals surface area contributed by atoms with E-state index >= 15 is 0 Å². The van der Waals surface area contributed by atoms with Crippen molar-refractivity contribution in [1.82, 2.24) is 24.6 Å². The van der Waals surface area contributed by atoms with E-state index < -0.39 is 0 Å². The maximum Gasteiger partial charge on any atom is 0.271 e. The van der Waals surface area contributed by atoms with Crippen LogP contribution in [-0.4, -0.2) is 24.6 Å². The predicted molar refractivity (Wildman–Crippen MR) is 147 cm³/mol. The fourth-order valence-corrected chi connectivity index (χ4v) is 5.35. The molecule has 0 saturated carbocycles. The Morgan fingerprint density at radius 2 is 1.46 bits per heavy atom. The average molecular weight is 482 g/mol. The molecule has 0 bridgehead atoms. The Labute approximate surface area is 213 Å². The Morgan fingerprint density at radius 3 is 2.19 bits per heavy atom. The topological polar surface area (TPSA) is 75.9 Å². The second-order valence-corrected chi connectivity index (χ2v) is 9.30. The number of hydrogen-bond donors (Lipinski definition) is 1. The van der Waals surface area contributed by atoms with Gasteiger partial charge in [0.1, 0.15) is 0 Å². The molecule has 1 N–H and O–H groups in total. The summed E-state index contributed by atoms with van der Waals surface area (Å²) in [7, 11) is 0. The van der Waals surface area contributed by atoms with Gasteiger partial charge in [0.05, 0.1) is 11.1 Å². The van der Waals surface area contributed by atoms with Crippen molar-refractivity contribution in [2.75, 3.05) is 0 Å². The lowest BCUT2D eigenvalue weighted by molar-refractivity contribution is 0.815. The minimum atomic E-state index is -0.166. The maximum absolute atomic E-state index is 14.2. The number of H-pyrrole nitrogens is 1. The molecule has 0 radical (unpaired) electrons. The first-order valence-corrected chi connectivity index (χ1v) is 12.5. The zero-order chi connectivity index (χ0) is 24.8. The molecule has 0 saturated heterocycles. The van der Waals surface area contributed by atoms with Crippen molar-refractivity contribution in [3.63, 3.8) is 0 Å². The first-order valence-electron chi connectivity index (χ1n) is 12.5. The molecular formula is C31H23N5O. The number of allylic oxidation sites excluding steroid dienone is 1. The van der Waals surface area contributed by atoms with Gasteiger partial charge in [0.15, 0.2) is 11.5 Å². The molecule has 3 aromatic heterocycles. The van der Waals surface area contributed by atoms with Crippen molar-refractivity contribution >= 4 is 28.5 Å². The molecule has 3 heterocycles. The molecule has 37 heavy (non-hydrogen) atoms. The highest BCUT2D eigenvalue weighted by Crippen LogP contribution is 2.39. The normalized spacial score (nSPS) is 14.3. The fourth-order valence-electron chi connectivity index (χ4n) is 5.35. The van der Waals surface area contributed by atoms with E-state index in [0.29, 0.717) is 22.6 Å². The molecule has 6 nitrogen and oxygen atoms in total. The van der Waals surface area contributed by atoms with Crippen molar-refractivity contribution in [2.45, 2.75) is 19.3 Å². The van der Waals surface area contributed by atoms with Crippen LogP contribution in [0.1, 0.15) is 29.7 Å². The summed E-state index contributed by atoms with van der Waals surface area (Å²) in [5, 5.41) is 7.94. The number of benzene rings is 3. The van der Waals surface area contributed by atoms with Gasteiger partial charge in [0.2, 0.25) is 5.78 Å². The third kappa shape index (κ3) is 3.57. The standard InChI is InChI=1S/C31H23N5O/c37-30-26-25(21-13-6-2-7-14-21)24-18-10-17-23(19-20-11-4-1-5-12-20)27(24)32-28(26)33-31-35-34-29(36(30)31)22-15-8-3-9-16-22/h1-9,11-16,19H,10,17-18H2,(H,32,33,35)/b23-19+. The summed E-state index contributed by atoms with van der Waals surface area (Å²) < 4.78 is 1.57. The lowest BCUT2D eigenvalue weighted by Gasteiger charge is -2.23. The zero-order valence-corrected chi connectivity index (χ0v) is 20.1. The molecule has 1 aliphatic rings. The van der Waals surface area contributed by atoms with Crippen LogP contribution in [0.15, 0.2) is 95.8 Å². The number of nitrogens with one attached hydrogen (secondary N) is 1. The summed E-state index contributed by atoms with van der Waals surface area (Å²) in [6.07, 6.45) is 4.99. The van der Waals surface area contributed by atoms with Gasteiger partial charge in [0, 0.05) is 11.1 Å².